The molecule has 14 rings (SSSR count). The van der Waals surface area contributed by atoms with Crippen molar-refractivity contribution in [3.05, 3.63) is 243 Å². The Hall–Kier alpha value is -4.20. The highest BCUT2D eigenvalue weighted by atomic mass is 28.6. The van der Waals surface area contributed by atoms with E-state index in [9.17, 15) is 0 Å². The largest absolute Gasteiger partial charge is 0.515 e. The van der Waals surface area contributed by atoms with Gasteiger partial charge in [-0.25, -0.2) is 0 Å². The second-order valence-corrected chi connectivity index (χ2v) is 71.9. The molecule has 0 amide bonds. The highest BCUT2D eigenvalue weighted by Gasteiger charge is 2.83. The molecule has 6 atom stereocenters. The van der Waals surface area contributed by atoms with E-state index in [4.69, 9.17) is 57.6 Å². The summed E-state index contributed by atoms with van der Waals surface area (Å²) in [4.78, 5) is 0. The SMILES string of the molecule is CCCC(C)(C)[Si](C)(C)O[Si]1(c2ccccc2)O[Si]2(c3ccccc3)O[Si]3(c4ccccc4)O[Si](O[Si](C)(C)C)(c4ccccc4)O[Si]4(c5ccccc5)O[Si](c5ccccc5)(O1)O[Si](c1ccccc1)(O2)O[Si]1(C)CC1(C)CCC(C)(C)[Si](C)(C)O[Si](c1ccccc1)(O3)O4. The molecule has 96 heavy (non-hydrogen) atoms. The van der Waals surface area contributed by atoms with Crippen molar-refractivity contribution in [1.82, 2.24) is 0 Å². The molecule has 6 bridgehead atoms. The van der Waals surface area contributed by atoms with Gasteiger partial charge >= 0.3 is 70.4 Å². The standard InChI is InChI=1S/C70H92O14Si12/c1-15-56-68(2,3)86(10,11)72-90(61-42-26-17-27-43-61)79-95(66-52-36-22-37-53-66)81-92(63-46-30-19-31-47-63)74-88(14)59-70(88,6)58-57-69(4,5)87(12,13)73-91(62-44-28-18-29-45-62)77-93(83-95,64-48-32-20-33-49-64)75-89(71-85(7,8)9,60-40-24-16-25-41-60)76-94(78-91,65-50-34-21-35-51-65)84-96(80-90,82-92)67-54-38-23-39-55-67/h16-55H,15,56-59H2,1-14H3. The van der Waals surface area contributed by atoms with Crippen molar-refractivity contribution in [1.29, 1.82) is 0 Å². The van der Waals surface area contributed by atoms with Crippen molar-refractivity contribution >= 4 is 145 Å². The molecular formula is C70H92O14Si12. The summed E-state index contributed by atoms with van der Waals surface area (Å²) < 4.78 is 124. The van der Waals surface area contributed by atoms with Crippen LogP contribution in [0.15, 0.2) is 243 Å². The van der Waals surface area contributed by atoms with E-state index < -0.39 is 114 Å². The van der Waals surface area contributed by atoms with Crippen LogP contribution < -0.4 is 41.5 Å². The molecule has 0 N–H and O–H groups in total. The third-order valence-electron chi connectivity index (χ3n) is 20.6. The number of benzene rings is 8. The maximum absolute atomic E-state index is 9.09. The molecule has 6 unspecified atom stereocenters. The zero-order valence-electron chi connectivity index (χ0n) is 57.8. The van der Waals surface area contributed by atoms with Gasteiger partial charge in [0, 0.05) is 41.5 Å². The Labute approximate surface area is 581 Å². The average Bonchev–Trinajstić information content (AvgIpc) is 1.15. The topological polar surface area (TPSA) is 129 Å². The summed E-state index contributed by atoms with van der Waals surface area (Å²) in [6.45, 7) is 31.9. The molecule has 6 heterocycles. The van der Waals surface area contributed by atoms with Gasteiger partial charge in [-0.3, -0.25) is 0 Å². The quantitative estimate of drug-likeness (QED) is 0.0903. The van der Waals surface area contributed by atoms with Crippen LogP contribution in [0.5, 0.6) is 0 Å². The fourth-order valence-electron chi connectivity index (χ4n) is 13.5. The molecular weight excluding hydrogens is 1400 g/mol. The number of fused-ring (bicyclic) bond motifs is 8. The molecule has 8 aromatic rings. The Balaban J connectivity index is 1.33. The zero-order chi connectivity index (χ0) is 67.8. The second-order valence-electron chi connectivity index (χ2n) is 29.9. The summed E-state index contributed by atoms with van der Waals surface area (Å²) in [6, 6.07) is 81.3. The Bertz CT molecular complexity index is 3880. The van der Waals surface area contributed by atoms with E-state index in [1.54, 1.807) is 0 Å². The summed E-state index contributed by atoms with van der Waals surface area (Å²) in [5.74, 6) is 0. The number of hydrogen-bond donors (Lipinski definition) is 0. The summed E-state index contributed by atoms with van der Waals surface area (Å²) >= 11 is 0. The molecule has 6 aliphatic rings. The van der Waals surface area contributed by atoms with Crippen molar-refractivity contribution in [3.8, 4) is 0 Å². The van der Waals surface area contributed by atoms with Gasteiger partial charge in [0.15, 0.2) is 33.3 Å². The minimum absolute atomic E-state index is 0.290. The average molecular weight is 1490 g/mol. The van der Waals surface area contributed by atoms with Crippen LogP contribution in [0.2, 0.25) is 73.5 Å². The van der Waals surface area contributed by atoms with E-state index in [-0.39, 0.29) is 5.04 Å². The molecule has 6 fully saturated rings. The van der Waals surface area contributed by atoms with Crippen LogP contribution in [0.1, 0.15) is 67.2 Å². The maximum atomic E-state index is 9.09. The van der Waals surface area contributed by atoms with Crippen molar-refractivity contribution < 1.29 is 57.6 Å². The van der Waals surface area contributed by atoms with Crippen LogP contribution in [0.3, 0.4) is 0 Å². The van der Waals surface area contributed by atoms with Gasteiger partial charge in [-0.2, -0.15) is 0 Å². The highest BCUT2D eigenvalue weighted by Crippen LogP contribution is 2.68. The Morgan fingerprint density at radius 2 is 0.615 bits per heavy atom. The lowest BCUT2D eigenvalue weighted by atomic mass is 10.00. The third kappa shape index (κ3) is 13.0. The van der Waals surface area contributed by atoms with Gasteiger partial charge in [-0.1, -0.05) is 291 Å². The third-order valence-corrected chi connectivity index (χ3v) is 74.1. The van der Waals surface area contributed by atoms with Crippen LogP contribution in [0.25, 0.3) is 0 Å². The predicted octanol–water partition coefficient (Wildman–Crippen LogP) is 11.8. The molecule has 0 radical (unpaired) electrons. The summed E-state index contributed by atoms with van der Waals surface area (Å²) in [7, 11) is -53.8. The first kappa shape index (κ1) is 70.2. The molecule has 6 saturated heterocycles. The minimum Gasteiger partial charge on any atom is -0.413 e. The predicted molar refractivity (Wildman–Crippen MR) is 405 cm³/mol. The Kier molecular flexibility index (Phi) is 18.8. The summed E-state index contributed by atoms with van der Waals surface area (Å²) in [5, 5.41) is 3.58. The molecule has 8 aromatic carbocycles. The van der Waals surface area contributed by atoms with Crippen LogP contribution in [0.4, 0.5) is 0 Å². The first-order chi connectivity index (χ1) is 45.5. The van der Waals surface area contributed by atoms with Gasteiger partial charge in [0.25, 0.3) is 0 Å². The van der Waals surface area contributed by atoms with Crippen molar-refractivity contribution in [3.63, 3.8) is 0 Å². The molecule has 0 aliphatic carbocycles. The molecule has 14 nitrogen and oxygen atoms in total. The fraction of sp³-hybridized carbons (Fsp3) is 0.314. The van der Waals surface area contributed by atoms with Gasteiger partial charge < -0.3 is 57.6 Å². The van der Waals surface area contributed by atoms with Gasteiger partial charge in [0.1, 0.15) is 0 Å². The van der Waals surface area contributed by atoms with Crippen LogP contribution in [-0.4, -0.2) is 104 Å². The van der Waals surface area contributed by atoms with E-state index in [1.165, 1.54) is 0 Å². The maximum Gasteiger partial charge on any atom is 0.515 e. The minimum atomic E-state index is -5.35. The lowest BCUT2D eigenvalue weighted by Crippen LogP contribution is -2.91. The van der Waals surface area contributed by atoms with E-state index in [2.05, 4.69) is 106 Å². The van der Waals surface area contributed by atoms with E-state index in [0.29, 0.717) is 41.5 Å². The lowest BCUT2D eigenvalue weighted by molar-refractivity contribution is 0.0475. The van der Waals surface area contributed by atoms with Gasteiger partial charge in [-0.15, -0.1) is 0 Å². The molecule has 504 valence electrons. The second kappa shape index (κ2) is 25.7. The van der Waals surface area contributed by atoms with Gasteiger partial charge in [0.2, 0.25) is 0 Å². The molecule has 6 aliphatic heterocycles. The van der Waals surface area contributed by atoms with Crippen LogP contribution in [0, 0.1) is 0 Å². The Morgan fingerprint density at radius 1 is 0.354 bits per heavy atom. The molecule has 0 spiro atoms. The first-order valence-electron chi connectivity index (χ1n) is 33.7. The van der Waals surface area contributed by atoms with E-state index in [1.807, 2.05) is 231 Å². The fourth-order valence-corrected chi connectivity index (χ4v) is 75.8. The Morgan fingerprint density at radius 3 is 0.896 bits per heavy atom. The molecule has 0 saturated carbocycles. The number of hydrogen-bond acceptors (Lipinski definition) is 14. The highest BCUT2D eigenvalue weighted by molar-refractivity contribution is 7.12. The van der Waals surface area contributed by atoms with E-state index >= 15 is 0 Å². The smallest absolute Gasteiger partial charge is 0.413 e. The lowest BCUT2D eigenvalue weighted by Gasteiger charge is -2.58. The van der Waals surface area contributed by atoms with E-state index in [0.717, 1.165) is 31.7 Å². The van der Waals surface area contributed by atoms with Gasteiger partial charge in [-0.05, 0) is 92.8 Å². The van der Waals surface area contributed by atoms with Crippen molar-refractivity contribution in [2.24, 2.45) is 0 Å². The summed E-state index contributed by atoms with van der Waals surface area (Å²) in [5.41, 5.74) is 0. The monoisotopic (exact) mass is 1490 g/mol. The first-order valence-corrected chi connectivity index (χ1v) is 59.4. The number of rotatable bonds is 15. The summed E-state index contributed by atoms with van der Waals surface area (Å²) in [6.07, 6.45) is 3.37. The molecule has 26 heteroatoms. The normalized spacial score (nSPS) is 33.0. The molecule has 0 aromatic heterocycles. The van der Waals surface area contributed by atoms with Crippen LogP contribution >= 0.6 is 0 Å². The van der Waals surface area contributed by atoms with Crippen LogP contribution in [-0.2, 0) is 57.6 Å². The van der Waals surface area contributed by atoms with Gasteiger partial charge in [0.05, 0.1) is 0 Å². The zero-order valence-corrected chi connectivity index (χ0v) is 69.8. The van der Waals surface area contributed by atoms with Crippen molar-refractivity contribution in [2.75, 3.05) is 0 Å². The van der Waals surface area contributed by atoms with Crippen molar-refractivity contribution in [2.45, 2.75) is 141 Å².